The first-order valence-electron chi connectivity index (χ1n) is 6.49. The van der Waals surface area contributed by atoms with Crippen LogP contribution in [0, 0.1) is 22.9 Å². The molecular weight excluding hydrogens is 327 g/mol. The van der Waals surface area contributed by atoms with Crippen molar-refractivity contribution in [3.63, 3.8) is 0 Å². The van der Waals surface area contributed by atoms with Crippen LogP contribution in [0.2, 0.25) is 5.02 Å². The van der Waals surface area contributed by atoms with E-state index in [1.54, 1.807) is 13.0 Å². The molecule has 0 atom stereocenters. The quantitative estimate of drug-likeness (QED) is 0.665. The lowest BCUT2D eigenvalue weighted by atomic mass is 10.2. The number of aryl methyl sites for hydroxylation is 1. The second kappa shape index (κ2) is 7.06. The average Bonchev–Trinajstić information content (AvgIpc) is 2.48. The Morgan fingerprint density at radius 1 is 1.35 bits per heavy atom. The molecule has 0 radical (unpaired) electrons. The zero-order valence-electron chi connectivity index (χ0n) is 12.0. The highest BCUT2D eigenvalue weighted by Crippen LogP contribution is 2.27. The number of hydrogen-bond donors (Lipinski definition) is 1. The highest BCUT2D eigenvalue weighted by Gasteiger charge is 2.16. The Labute approximate surface area is 136 Å². The summed E-state index contributed by atoms with van der Waals surface area (Å²) in [5.41, 5.74) is 0.397. The Balaban J connectivity index is 2.03. The van der Waals surface area contributed by atoms with Gasteiger partial charge in [-0.1, -0.05) is 17.7 Å². The van der Waals surface area contributed by atoms with Gasteiger partial charge in [-0.3, -0.25) is 14.9 Å². The molecule has 0 aromatic heterocycles. The third-order valence-electron chi connectivity index (χ3n) is 2.88. The molecule has 1 amide bonds. The van der Waals surface area contributed by atoms with Gasteiger partial charge in [-0.2, -0.15) is 0 Å². The van der Waals surface area contributed by atoms with Gasteiger partial charge >= 0.3 is 5.69 Å². The van der Waals surface area contributed by atoms with E-state index in [4.69, 9.17) is 16.3 Å². The second-order valence-corrected chi connectivity index (χ2v) is 5.13. The van der Waals surface area contributed by atoms with Crippen LogP contribution in [0.15, 0.2) is 36.4 Å². The second-order valence-electron chi connectivity index (χ2n) is 4.69. The first kappa shape index (κ1) is 16.7. The lowest BCUT2D eigenvalue weighted by Crippen LogP contribution is -2.21. The molecule has 8 heteroatoms. The largest absolute Gasteiger partial charge is 0.477 e. The first-order valence-corrected chi connectivity index (χ1v) is 6.87. The summed E-state index contributed by atoms with van der Waals surface area (Å²) in [6.07, 6.45) is 0. The van der Waals surface area contributed by atoms with E-state index >= 15 is 0 Å². The third kappa shape index (κ3) is 4.40. The van der Waals surface area contributed by atoms with Crippen LogP contribution in [-0.2, 0) is 4.79 Å². The van der Waals surface area contributed by atoms with Crippen LogP contribution >= 0.6 is 11.6 Å². The van der Waals surface area contributed by atoms with E-state index in [2.05, 4.69) is 5.32 Å². The van der Waals surface area contributed by atoms with Crippen molar-refractivity contribution in [1.82, 2.24) is 0 Å². The average molecular weight is 339 g/mol. The fourth-order valence-electron chi connectivity index (χ4n) is 1.81. The maximum atomic E-state index is 13.6. The van der Waals surface area contributed by atoms with Gasteiger partial charge < -0.3 is 10.1 Å². The van der Waals surface area contributed by atoms with Crippen LogP contribution in [0.25, 0.3) is 0 Å². The van der Waals surface area contributed by atoms with Crippen molar-refractivity contribution >= 4 is 28.9 Å². The van der Waals surface area contributed by atoms with Gasteiger partial charge in [-0.25, -0.2) is 4.39 Å². The summed E-state index contributed by atoms with van der Waals surface area (Å²) >= 11 is 5.61. The third-order valence-corrected chi connectivity index (χ3v) is 3.11. The Kier molecular flexibility index (Phi) is 5.13. The minimum Gasteiger partial charge on any atom is -0.477 e. The molecule has 23 heavy (non-hydrogen) atoms. The van der Waals surface area contributed by atoms with Crippen molar-refractivity contribution in [1.29, 1.82) is 0 Å². The molecule has 1 N–H and O–H groups in total. The molecule has 0 aliphatic carbocycles. The lowest BCUT2D eigenvalue weighted by molar-refractivity contribution is -0.385. The first-order chi connectivity index (χ1) is 10.9. The van der Waals surface area contributed by atoms with Crippen molar-refractivity contribution in [3.05, 3.63) is 62.9 Å². The van der Waals surface area contributed by atoms with Crippen molar-refractivity contribution < 1.29 is 18.8 Å². The number of nitrogens with one attached hydrogen (secondary N) is 1. The number of halogens is 2. The van der Waals surface area contributed by atoms with Gasteiger partial charge in [0, 0.05) is 11.1 Å². The van der Waals surface area contributed by atoms with Gasteiger partial charge in [0.15, 0.2) is 12.4 Å². The fraction of sp³-hybridized carbons (Fsp3) is 0.133. The molecule has 0 unspecified atom stereocenters. The van der Waals surface area contributed by atoms with E-state index in [1.807, 2.05) is 0 Å². The molecule has 0 fully saturated rings. The molecule has 0 saturated heterocycles. The maximum Gasteiger partial charge on any atom is 0.311 e. The Morgan fingerprint density at radius 2 is 2.09 bits per heavy atom. The standard InChI is InChI=1S/C15H12ClFN2O4/c1-9-2-5-14(13(6-9)19(21)22)23-8-15(20)18-12-4-3-10(16)7-11(12)17/h2-7H,8H2,1H3,(H,18,20). The summed E-state index contributed by atoms with van der Waals surface area (Å²) in [6.45, 7) is 1.21. The molecule has 0 bridgehead atoms. The van der Waals surface area contributed by atoms with Crippen molar-refractivity contribution in [2.45, 2.75) is 6.92 Å². The zero-order chi connectivity index (χ0) is 17.0. The molecule has 0 spiro atoms. The predicted molar refractivity (Wildman–Crippen MR) is 83.4 cm³/mol. The molecule has 2 aromatic carbocycles. The molecule has 2 aromatic rings. The summed E-state index contributed by atoms with van der Waals surface area (Å²) in [7, 11) is 0. The topological polar surface area (TPSA) is 81.5 Å². The molecule has 120 valence electrons. The molecule has 0 heterocycles. The van der Waals surface area contributed by atoms with Crippen molar-refractivity contribution in [2.75, 3.05) is 11.9 Å². The zero-order valence-corrected chi connectivity index (χ0v) is 12.8. The highest BCUT2D eigenvalue weighted by atomic mass is 35.5. The van der Waals surface area contributed by atoms with Crippen molar-refractivity contribution in [3.8, 4) is 5.75 Å². The highest BCUT2D eigenvalue weighted by molar-refractivity contribution is 6.30. The molecule has 0 aliphatic rings. The number of benzene rings is 2. The number of hydrogen-bond acceptors (Lipinski definition) is 4. The van der Waals surface area contributed by atoms with Crippen LogP contribution in [0.1, 0.15) is 5.56 Å². The van der Waals surface area contributed by atoms with Crippen LogP contribution in [0.4, 0.5) is 15.8 Å². The predicted octanol–water partition coefficient (Wildman–Crippen LogP) is 3.71. The number of anilines is 1. The van der Waals surface area contributed by atoms with Crippen LogP contribution in [0.5, 0.6) is 5.75 Å². The summed E-state index contributed by atoms with van der Waals surface area (Å²) in [5.74, 6) is -1.37. The minimum atomic E-state index is -0.688. The van der Waals surface area contributed by atoms with Crippen LogP contribution in [0.3, 0.4) is 0 Å². The Bertz CT molecular complexity index is 767. The summed E-state index contributed by atoms with van der Waals surface area (Å²) in [4.78, 5) is 22.1. The van der Waals surface area contributed by atoms with Gasteiger partial charge in [0.05, 0.1) is 10.6 Å². The minimum absolute atomic E-state index is 0.0349. The number of nitro benzene ring substituents is 1. The number of ether oxygens (including phenoxy) is 1. The number of carbonyl (C=O) groups excluding carboxylic acids is 1. The summed E-state index contributed by atoms with van der Waals surface area (Å²) in [6, 6.07) is 8.16. The van der Waals surface area contributed by atoms with E-state index in [1.165, 1.54) is 24.3 Å². The van der Waals surface area contributed by atoms with Gasteiger partial charge in [-0.05, 0) is 36.8 Å². The van der Waals surface area contributed by atoms with Crippen LogP contribution < -0.4 is 10.1 Å². The van der Waals surface area contributed by atoms with E-state index in [0.29, 0.717) is 5.56 Å². The van der Waals surface area contributed by atoms with E-state index < -0.39 is 23.3 Å². The molecule has 0 aliphatic heterocycles. The number of rotatable bonds is 5. The Morgan fingerprint density at radius 3 is 2.74 bits per heavy atom. The number of carbonyl (C=O) groups is 1. The fourth-order valence-corrected chi connectivity index (χ4v) is 1.97. The summed E-state index contributed by atoms with van der Waals surface area (Å²) in [5, 5.41) is 13.5. The van der Waals surface area contributed by atoms with Crippen molar-refractivity contribution in [2.24, 2.45) is 0 Å². The van der Waals surface area contributed by atoms with Gasteiger partial charge in [0.25, 0.3) is 5.91 Å². The molecule has 0 saturated carbocycles. The smallest absolute Gasteiger partial charge is 0.311 e. The number of nitrogens with zero attached hydrogens (tertiary/aromatic N) is 1. The molecular formula is C15H12ClFN2O4. The number of nitro groups is 1. The SMILES string of the molecule is Cc1ccc(OCC(=O)Nc2ccc(Cl)cc2F)c([N+](=O)[O-])c1. The normalized spacial score (nSPS) is 10.2. The summed E-state index contributed by atoms with van der Waals surface area (Å²) < 4.78 is 18.7. The molecule has 2 rings (SSSR count). The van der Waals surface area contributed by atoms with E-state index in [-0.39, 0.29) is 22.1 Å². The van der Waals surface area contributed by atoms with Gasteiger partial charge in [-0.15, -0.1) is 0 Å². The van der Waals surface area contributed by atoms with E-state index in [0.717, 1.165) is 6.07 Å². The Hall–Kier alpha value is -2.67. The van der Waals surface area contributed by atoms with Gasteiger partial charge in [0.2, 0.25) is 0 Å². The number of amides is 1. The molecule has 6 nitrogen and oxygen atoms in total. The van der Waals surface area contributed by atoms with E-state index in [9.17, 15) is 19.3 Å². The maximum absolute atomic E-state index is 13.6. The monoisotopic (exact) mass is 338 g/mol. The van der Waals surface area contributed by atoms with Crippen LogP contribution in [-0.4, -0.2) is 17.4 Å². The van der Waals surface area contributed by atoms with Gasteiger partial charge in [0.1, 0.15) is 5.82 Å². The lowest BCUT2D eigenvalue weighted by Gasteiger charge is -2.09.